The van der Waals surface area contributed by atoms with Crippen LogP contribution in [0.3, 0.4) is 0 Å². The van der Waals surface area contributed by atoms with Crippen LogP contribution in [0.1, 0.15) is 0 Å². The van der Waals surface area contributed by atoms with Crippen molar-refractivity contribution in [3.05, 3.63) is 39.1 Å². The Balaban J connectivity index is 2.61. The monoisotopic (exact) mass is 275 g/mol. The van der Waals surface area contributed by atoms with Gasteiger partial charge in [0.1, 0.15) is 4.21 Å². The van der Waals surface area contributed by atoms with E-state index in [1.165, 1.54) is 17.5 Å². The van der Waals surface area contributed by atoms with Crippen molar-refractivity contribution in [1.82, 2.24) is 0 Å². The quantitative estimate of drug-likeness (QED) is 0.637. The molecule has 0 unspecified atom stereocenters. The molecule has 0 aliphatic rings. The predicted molar refractivity (Wildman–Crippen MR) is 60.7 cm³/mol. The summed E-state index contributed by atoms with van der Waals surface area (Å²) in [6.07, 6.45) is 0. The van der Waals surface area contributed by atoms with E-state index in [0.717, 1.165) is 22.7 Å². The van der Waals surface area contributed by atoms with Crippen molar-refractivity contribution in [3.63, 3.8) is 0 Å². The molecule has 84 valence electrons. The zero-order valence-electron chi connectivity index (χ0n) is 7.69. The summed E-state index contributed by atoms with van der Waals surface area (Å²) in [7, 11) is -3.73. The first kappa shape index (κ1) is 11.2. The van der Waals surface area contributed by atoms with Gasteiger partial charge >= 0.3 is 0 Å². The van der Waals surface area contributed by atoms with Crippen LogP contribution in [-0.4, -0.2) is 13.3 Å². The van der Waals surface area contributed by atoms with Crippen molar-refractivity contribution in [3.8, 4) is 0 Å². The minimum Gasteiger partial charge on any atom is -0.258 e. The molecule has 0 radical (unpaired) electrons. The first-order chi connectivity index (χ1) is 7.53. The normalized spacial score (nSPS) is 11.5. The number of hydrogen-bond acceptors (Lipinski definition) is 6. The molecule has 2 rings (SSSR count). The lowest BCUT2D eigenvalue weighted by atomic mass is 10.6. The Morgan fingerprint density at radius 2 is 1.94 bits per heavy atom. The molecule has 2 aromatic heterocycles. The number of rotatable bonds is 3. The van der Waals surface area contributed by atoms with Crippen LogP contribution in [-0.2, 0) is 9.84 Å². The Morgan fingerprint density at radius 3 is 2.50 bits per heavy atom. The first-order valence-corrected chi connectivity index (χ1v) is 7.28. The molecule has 0 saturated carbocycles. The minimum absolute atomic E-state index is 0.123. The molecule has 5 nitrogen and oxygen atoms in total. The molecule has 0 aliphatic heterocycles. The molecule has 16 heavy (non-hydrogen) atoms. The van der Waals surface area contributed by atoms with E-state index in [1.54, 1.807) is 11.4 Å². The van der Waals surface area contributed by atoms with E-state index < -0.39 is 14.8 Å². The van der Waals surface area contributed by atoms with Crippen molar-refractivity contribution in [2.45, 2.75) is 8.42 Å². The molecule has 0 bridgehead atoms. The van der Waals surface area contributed by atoms with Gasteiger partial charge in [-0.25, -0.2) is 8.42 Å². The highest BCUT2D eigenvalue weighted by molar-refractivity contribution is 7.95. The molecule has 0 atom stereocenters. The van der Waals surface area contributed by atoms with Gasteiger partial charge in [-0.3, -0.25) is 10.1 Å². The van der Waals surface area contributed by atoms with Crippen LogP contribution in [0.25, 0.3) is 0 Å². The van der Waals surface area contributed by atoms with Gasteiger partial charge in [-0.1, -0.05) is 6.07 Å². The largest absolute Gasteiger partial charge is 0.299 e. The van der Waals surface area contributed by atoms with Crippen molar-refractivity contribution < 1.29 is 13.3 Å². The summed E-state index contributed by atoms with van der Waals surface area (Å²) in [6, 6.07) is 4.23. The lowest BCUT2D eigenvalue weighted by molar-refractivity contribution is -0.387. The maximum absolute atomic E-state index is 12.0. The van der Waals surface area contributed by atoms with Crippen molar-refractivity contribution in [2.24, 2.45) is 0 Å². The van der Waals surface area contributed by atoms with Crippen LogP contribution >= 0.6 is 22.7 Å². The Kier molecular flexibility index (Phi) is 2.78. The van der Waals surface area contributed by atoms with E-state index in [2.05, 4.69) is 0 Å². The van der Waals surface area contributed by atoms with Gasteiger partial charge in [-0.15, -0.1) is 22.7 Å². The topological polar surface area (TPSA) is 77.3 Å². The maximum Gasteiger partial charge on any atom is 0.299 e. The molecule has 2 heterocycles. The lowest BCUT2D eigenvalue weighted by Gasteiger charge is -1.97. The molecule has 0 amide bonds. The van der Waals surface area contributed by atoms with Gasteiger partial charge in [0.25, 0.3) is 5.69 Å². The van der Waals surface area contributed by atoms with Gasteiger partial charge in [0.15, 0.2) is 0 Å². The fourth-order valence-corrected chi connectivity index (χ4v) is 5.05. The molecule has 0 saturated heterocycles. The van der Waals surface area contributed by atoms with E-state index in [4.69, 9.17) is 0 Å². The number of sulfone groups is 1. The average molecular weight is 275 g/mol. The van der Waals surface area contributed by atoms with Gasteiger partial charge < -0.3 is 0 Å². The molecule has 0 fully saturated rings. The second-order valence-electron chi connectivity index (χ2n) is 2.79. The summed E-state index contributed by atoms with van der Waals surface area (Å²) in [5.41, 5.74) is -0.363. The van der Waals surface area contributed by atoms with Crippen molar-refractivity contribution in [2.75, 3.05) is 0 Å². The number of hydrogen-bond donors (Lipinski definition) is 0. The van der Waals surface area contributed by atoms with E-state index in [0.29, 0.717) is 0 Å². The Bertz CT molecular complexity index is 612. The van der Waals surface area contributed by atoms with Crippen LogP contribution < -0.4 is 0 Å². The van der Waals surface area contributed by atoms with Gasteiger partial charge in [-0.05, 0) is 16.8 Å². The smallest absolute Gasteiger partial charge is 0.258 e. The molecule has 2 aromatic rings. The third kappa shape index (κ3) is 1.75. The summed E-state index contributed by atoms with van der Waals surface area (Å²) in [6.45, 7) is 0. The van der Waals surface area contributed by atoms with Crippen LogP contribution in [0.2, 0.25) is 0 Å². The van der Waals surface area contributed by atoms with Crippen LogP contribution in [0, 0.1) is 10.1 Å². The maximum atomic E-state index is 12.0. The fraction of sp³-hybridized carbons (Fsp3) is 0. The summed E-state index contributed by atoms with van der Waals surface area (Å²) < 4.78 is 23.9. The Hall–Kier alpha value is -1.25. The number of nitro groups is 1. The molecule has 0 aromatic carbocycles. The zero-order valence-corrected chi connectivity index (χ0v) is 10.1. The van der Waals surface area contributed by atoms with Gasteiger partial charge in [0.05, 0.1) is 4.92 Å². The van der Waals surface area contributed by atoms with Crippen LogP contribution in [0.5, 0.6) is 0 Å². The summed E-state index contributed by atoms with van der Waals surface area (Å²) in [5, 5.41) is 13.7. The second kappa shape index (κ2) is 3.96. The molecule has 8 heteroatoms. The average Bonchev–Trinajstić information content (AvgIpc) is 2.89. The van der Waals surface area contributed by atoms with Crippen molar-refractivity contribution in [1.29, 1.82) is 0 Å². The third-order valence-corrected chi connectivity index (χ3v) is 6.42. The van der Waals surface area contributed by atoms with Crippen LogP contribution in [0.4, 0.5) is 5.69 Å². The molecular formula is C8H5NO4S3. The van der Waals surface area contributed by atoms with E-state index in [-0.39, 0.29) is 14.1 Å². The second-order valence-corrected chi connectivity index (χ2v) is 7.02. The number of thiophene rings is 2. The van der Waals surface area contributed by atoms with Gasteiger partial charge in [0.2, 0.25) is 14.0 Å². The minimum atomic E-state index is -3.73. The SMILES string of the molecule is O=[N+]([O-])c1ccsc1S(=O)(=O)c1cccs1. The highest BCUT2D eigenvalue weighted by atomic mass is 32.3. The Labute approximate surface area is 99.0 Å². The molecule has 0 N–H and O–H groups in total. The third-order valence-electron chi connectivity index (χ3n) is 1.81. The molecule has 0 spiro atoms. The van der Waals surface area contributed by atoms with Crippen LogP contribution in [0.15, 0.2) is 37.4 Å². The van der Waals surface area contributed by atoms with Gasteiger partial charge in [0, 0.05) is 6.07 Å². The predicted octanol–water partition coefficient (Wildman–Crippen LogP) is 2.55. The van der Waals surface area contributed by atoms with Gasteiger partial charge in [-0.2, -0.15) is 0 Å². The molecular weight excluding hydrogens is 270 g/mol. The lowest BCUT2D eigenvalue weighted by Crippen LogP contribution is -2.00. The van der Waals surface area contributed by atoms with E-state index in [9.17, 15) is 18.5 Å². The summed E-state index contributed by atoms with van der Waals surface area (Å²) >= 11 is 1.90. The Morgan fingerprint density at radius 1 is 1.19 bits per heavy atom. The summed E-state index contributed by atoms with van der Waals surface area (Å²) in [4.78, 5) is 9.97. The standard InChI is InChI=1S/C8H5NO4S3/c10-9(11)6-3-5-15-8(6)16(12,13)7-2-1-4-14-7/h1-5H. The highest BCUT2D eigenvalue weighted by Gasteiger charge is 2.29. The fourth-order valence-electron chi connectivity index (χ4n) is 1.13. The number of nitrogens with zero attached hydrogens (tertiary/aromatic N) is 1. The zero-order chi connectivity index (χ0) is 11.8. The highest BCUT2D eigenvalue weighted by Crippen LogP contribution is 2.35. The van der Waals surface area contributed by atoms with E-state index in [1.807, 2.05) is 0 Å². The first-order valence-electron chi connectivity index (χ1n) is 4.04. The van der Waals surface area contributed by atoms with Crippen molar-refractivity contribution >= 4 is 38.2 Å². The van der Waals surface area contributed by atoms with E-state index >= 15 is 0 Å². The summed E-state index contributed by atoms with van der Waals surface area (Å²) in [5.74, 6) is 0. The molecule has 0 aliphatic carbocycles.